The second kappa shape index (κ2) is 9.33. The summed E-state index contributed by atoms with van der Waals surface area (Å²) in [7, 11) is 0. The van der Waals surface area contributed by atoms with Gasteiger partial charge in [-0.25, -0.2) is 4.79 Å². The van der Waals surface area contributed by atoms with Gasteiger partial charge in [0, 0.05) is 18.9 Å². The quantitative estimate of drug-likeness (QED) is 0.508. The predicted molar refractivity (Wildman–Crippen MR) is 128 cm³/mol. The number of fused-ring (bicyclic) bond motifs is 4. The first kappa shape index (κ1) is 21.0. The third-order valence-corrected chi connectivity index (χ3v) is 6.13. The van der Waals surface area contributed by atoms with E-state index in [1.807, 2.05) is 54.6 Å². The number of alkyl carbamates (subject to hydrolysis) is 1. The molecular formula is C28H25NO4. The van der Waals surface area contributed by atoms with E-state index >= 15 is 0 Å². The topological polar surface area (TPSA) is 64.6 Å². The minimum atomic E-state index is -0.415. The van der Waals surface area contributed by atoms with E-state index in [2.05, 4.69) is 29.6 Å². The van der Waals surface area contributed by atoms with Crippen LogP contribution in [0.4, 0.5) is 4.79 Å². The number of rotatable bonds is 6. The molecule has 5 nitrogen and oxygen atoms in total. The molecule has 3 aromatic carbocycles. The Labute approximate surface area is 193 Å². The van der Waals surface area contributed by atoms with E-state index in [1.54, 1.807) is 0 Å². The van der Waals surface area contributed by atoms with Crippen molar-refractivity contribution in [3.8, 4) is 16.9 Å². The molecule has 0 bridgehead atoms. The van der Waals surface area contributed by atoms with Gasteiger partial charge >= 0.3 is 6.09 Å². The second-order valence-corrected chi connectivity index (χ2v) is 8.22. The third-order valence-electron chi connectivity index (χ3n) is 6.13. The van der Waals surface area contributed by atoms with Crippen LogP contribution in [0.2, 0.25) is 0 Å². The van der Waals surface area contributed by atoms with Crippen molar-refractivity contribution in [2.24, 2.45) is 0 Å². The highest BCUT2D eigenvalue weighted by atomic mass is 16.5. The number of benzene rings is 3. The van der Waals surface area contributed by atoms with Crippen molar-refractivity contribution in [1.29, 1.82) is 0 Å². The minimum absolute atomic E-state index is 0.0544. The lowest BCUT2D eigenvalue weighted by Gasteiger charge is -2.16. The highest BCUT2D eigenvalue weighted by Gasteiger charge is 2.28. The fourth-order valence-electron chi connectivity index (χ4n) is 4.51. The third kappa shape index (κ3) is 4.40. The summed E-state index contributed by atoms with van der Waals surface area (Å²) in [5, 5.41) is 2.81. The average Bonchev–Trinajstić information content (AvgIpc) is 3.17. The molecule has 0 fully saturated rings. The van der Waals surface area contributed by atoms with Crippen LogP contribution in [0.1, 0.15) is 45.8 Å². The Kier molecular flexibility index (Phi) is 5.94. The van der Waals surface area contributed by atoms with E-state index in [0.29, 0.717) is 43.9 Å². The Balaban J connectivity index is 1.11. The van der Waals surface area contributed by atoms with Crippen LogP contribution in [-0.2, 0) is 4.74 Å². The smallest absolute Gasteiger partial charge is 0.407 e. The number of hydrogen-bond donors (Lipinski definition) is 1. The van der Waals surface area contributed by atoms with E-state index in [4.69, 9.17) is 9.47 Å². The van der Waals surface area contributed by atoms with Gasteiger partial charge in [0.15, 0.2) is 5.78 Å². The molecule has 33 heavy (non-hydrogen) atoms. The summed E-state index contributed by atoms with van der Waals surface area (Å²) in [6, 6.07) is 22.2. The number of ketones is 1. The summed E-state index contributed by atoms with van der Waals surface area (Å²) < 4.78 is 11.1. The second-order valence-electron chi connectivity index (χ2n) is 8.22. The summed E-state index contributed by atoms with van der Waals surface area (Å²) in [5.74, 6) is 0.822. The molecule has 0 radical (unpaired) electrons. The number of carbonyl (C=O) groups is 2. The Morgan fingerprint density at radius 1 is 1.00 bits per heavy atom. The van der Waals surface area contributed by atoms with Crippen molar-refractivity contribution in [1.82, 2.24) is 5.32 Å². The average molecular weight is 440 g/mol. The van der Waals surface area contributed by atoms with E-state index < -0.39 is 6.09 Å². The summed E-state index contributed by atoms with van der Waals surface area (Å²) in [6.07, 6.45) is 4.58. The van der Waals surface area contributed by atoms with Crippen LogP contribution >= 0.6 is 0 Å². The monoisotopic (exact) mass is 439 g/mol. The Hall–Kier alpha value is -3.86. The van der Waals surface area contributed by atoms with Gasteiger partial charge in [-0.05, 0) is 46.4 Å². The molecule has 1 aliphatic heterocycles. The van der Waals surface area contributed by atoms with Crippen molar-refractivity contribution in [2.45, 2.75) is 18.8 Å². The maximum atomic E-state index is 12.2. The van der Waals surface area contributed by atoms with Crippen LogP contribution in [-0.4, -0.2) is 31.6 Å². The summed E-state index contributed by atoms with van der Waals surface area (Å²) in [5.41, 5.74) is 6.39. The SMILES string of the molecule is O=C(NCCC=Cc1ccc2c(c1)C(=O)CCO2)OCC1c2ccccc2-c2ccccc21. The Morgan fingerprint density at radius 2 is 1.73 bits per heavy atom. The van der Waals surface area contributed by atoms with E-state index in [0.717, 1.165) is 5.56 Å². The molecule has 166 valence electrons. The fraction of sp³-hybridized carbons (Fsp3) is 0.214. The van der Waals surface area contributed by atoms with Crippen molar-refractivity contribution in [3.05, 3.63) is 95.1 Å². The van der Waals surface area contributed by atoms with Crippen molar-refractivity contribution >= 4 is 18.0 Å². The molecule has 1 aliphatic carbocycles. The van der Waals surface area contributed by atoms with Gasteiger partial charge in [0.1, 0.15) is 12.4 Å². The van der Waals surface area contributed by atoms with Crippen LogP contribution < -0.4 is 10.1 Å². The number of carbonyl (C=O) groups excluding carboxylic acids is 2. The maximum absolute atomic E-state index is 12.2. The van der Waals surface area contributed by atoms with Gasteiger partial charge in [-0.2, -0.15) is 0 Å². The first-order chi connectivity index (χ1) is 16.2. The Morgan fingerprint density at radius 3 is 2.48 bits per heavy atom. The minimum Gasteiger partial charge on any atom is -0.492 e. The van der Waals surface area contributed by atoms with Gasteiger partial charge in [-0.1, -0.05) is 66.7 Å². The van der Waals surface area contributed by atoms with Gasteiger partial charge in [0.25, 0.3) is 0 Å². The van der Waals surface area contributed by atoms with Gasteiger partial charge in [-0.3, -0.25) is 4.79 Å². The van der Waals surface area contributed by atoms with E-state index in [-0.39, 0.29) is 11.7 Å². The predicted octanol–water partition coefficient (Wildman–Crippen LogP) is 5.59. The van der Waals surface area contributed by atoms with Crippen molar-refractivity contribution in [2.75, 3.05) is 19.8 Å². The molecule has 2 aliphatic rings. The zero-order chi connectivity index (χ0) is 22.6. The largest absolute Gasteiger partial charge is 0.492 e. The van der Waals surface area contributed by atoms with Crippen molar-refractivity contribution < 1.29 is 19.1 Å². The standard InChI is InChI=1S/C28H25NO4/c30-26-14-16-32-27-13-12-19(17-24(26)27)7-5-6-15-29-28(31)33-18-25-22-10-3-1-8-20(22)21-9-2-4-11-23(21)25/h1-5,7-13,17,25H,6,14-16,18H2,(H,29,31). The number of ether oxygens (including phenoxy) is 2. The van der Waals surface area contributed by atoms with Crippen LogP contribution in [0, 0.1) is 0 Å². The zero-order valence-electron chi connectivity index (χ0n) is 18.3. The molecule has 0 saturated heterocycles. The van der Waals surface area contributed by atoms with Crippen LogP contribution in [0.5, 0.6) is 5.75 Å². The lowest BCUT2D eigenvalue weighted by Crippen LogP contribution is -2.26. The van der Waals surface area contributed by atoms with E-state index in [9.17, 15) is 9.59 Å². The first-order valence-corrected chi connectivity index (χ1v) is 11.3. The zero-order valence-corrected chi connectivity index (χ0v) is 18.3. The normalized spacial score (nSPS) is 14.4. The lowest BCUT2D eigenvalue weighted by atomic mass is 9.98. The lowest BCUT2D eigenvalue weighted by molar-refractivity contribution is 0.0933. The molecule has 1 heterocycles. The number of hydrogen-bond acceptors (Lipinski definition) is 4. The molecule has 0 unspecified atom stereocenters. The van der Waals surface area contributed by atoms with Crippen LogP contribution in [0.25, 0.3) is 17.2 Å². The molecule has 0 atom stereocenters. The molecule has 0 saturated carbocycles. The Bertz CT molecular complexity index is 1180. The van der Waals surface area contributed by atoms with Crippen LogP contribution in [0.15, 0.2) is 72.8 Å². The molecule has 0 aromatic heterocycles. The summed E-state index contributed by atoms with van der Waals surface area (Å²) >= 11 is 0. The number of Topliss-reactive ketones (excluding diaryl/α,β-unsaturated/α-hetero) is 1. The first-order valence-electron chi connectivity index (χ1n) is 11.3. The number of amides is 1. The molecule has 5 rings (SSSR count). The van der Waals surface area contributed by atoms with Gasteiger partial charge in [-0.15, -0.1) is 0 Å². The summed E-state index contributed by atoms with van der Waals surface area (Å²) in [6.45, 7) is 1.23. The highest BCUT2D eigenvalue weighted by Crippen LogP contribution is 2.44. The van der Waals surface area contributed by atoms with Gasteiger partial charge < -0.3 is 14.8 Å². The fourth-order valence-corrected chi connectivity index (χ4v) is 4.51. The molecule has 1 N–H and O–H groups in total. The maximum Gasteiger partial charge on any atom is 0.407 e. The van der Waals surface area contributed by atoms with Crippen LogP contribution in [0.3, 0.4) is 0 Å². The molecule has 3 aromatic rings. The van der Waals surface area contributed by atoms with Gasteiger partial charge in [0.2, 0.25) is 0 Å². The summed E-state index contributed by atoms with van der Waals surface area (Å²) in [4.78, 5) is 24.3. The number of nitrogens with one attached hydrogen (secondary N) is 1. The molecule has 0 spiro atoms. The molecular weight excluding hydrogens is 414 g/mol. The van der Waals surface area contributed by atoms with Crippen molar-refractivity contribution in [3.63, 3.8) is 0 Å². The van der Waals surface area contributed by atoms with E-state index in [1.165, 1.54) is 22.3 Å². The van der Waals surface area contributed by atoms with Gasteiger partial charge in [0.05, 0.1) is 12.2 Å². The molecule has 5 heteroatoms. The molecule has 1 amide bonds. The highest BCUT2D eigenvalue weighted by molar-refractivity contribution is 6.00.